The van der Waals surface area contributed by atoms with Gasteiger partial charge in [-0.2, -0.15) is 0 Å². The Labute approximate surface area is 134 Å². The number of aromatic nitrogens is 1. The monoisotopic (exact) mass is 311 g/mol. The van der Waals surface area contributed by atoms with Crippen LogP contribution in [0, 0.1) is 0 Å². The summed E-state index contributed by atoms with van der Waals surface area (Å²) in [5.74, 6) is 0.0195. The van der Waals surface area contributed by atoms with Crippen molar-refractivity contribution in [3.05, 3.63) is 59.3 Å². The molecule has 1 fully saturated rings. The number of thioether (sulfide) groups is 1. The molecular formula is C17H17N3OS. The van der Waals surface area contributed by atoms with Crippen LogP contribution in [0.4, 0.5) is 5.69 Å². The molecule has 2 aromatic rings. The normalized spacial score (nSPS) is 18.6. The number of para-hydroxylation sites is 1. The number of carbonyl (C=O) groups is 1. The fourth-order valence-corrected chi connectivity index (χ4v) is 3.31. The molecule has 0 aliphatic carbocycles. The zero-order valence-electron chi connectivity index (χ0n) is 12.6. The molecule has 3 rings (SSSR count). The Bertz CT molecular complexity index is 746. The standard InChI is InChI=1S/C17H17N3OS/c1-3-20-16(21)15(11-13-9-10-19(2)12-13)22-17(20)18-14-7-5-4-6-8-14/h4-12H,3H2,1-2H3/b15-11+,18-17?. The molecule has 1 amide bonds. The maximum atomic E-state index is 12.5. The smallest absolute Gasteiger partial charge is 0.266 e. The lowest BCUT2D eigenvalue weighted by atomic mass is 10.3. The van der Waals surface area contributed by atoms with Crippen LogP contribution in [0.3, 0.4) is 0 Å². The molecule has 0 spiro atoms. The van der Waals surface area contributed by atoms with Crippen LogP contribution in [-0.4, -0.2) is 27.1 Å². The summed E-state index contributed by atoms with van der Waals surface area (Å²) in [5, 5.41) is 0.737. The van der Waals surface area contributed by atoms with Gasteiger partial charge in [0, 0.05) is 26.0 Å². The number of likely N-dealkylation sites (N-methyl/N-ethyl adjacent to an activating group) is 1. The van der Waals surface area contributed by atoms with E-state index in [-0.39, 0.29) is 5.91 Å². The topological polar surface area (TPSA) is 37.6 Å². The van der Waals surface area contributed by atoms with E-state index in [1.165, 1.54) is 11.8 Å². The minimum absolute atomic E-state index is 0.0195. The molecule has 1 aliphatic rings. The summed E-state index contributed by atoms with van der Waals surface area (Å²) in [4.78, 5) is 19.5. The van der Waals surface area contributed by atoms with E-state index in [4.69, 9.17) is 0 Å². The van der Waals surface area contributed by atoms with Gasteiger partial charge in [0.15, 0.2) is 5.17 Å². The Hall–Kier alpha value is -2.27. The second kappa shape index (κ2) is 6.23. The molecule has 0 bridgehead atoms. The third-order valence-corrected chi connectivity index (χ3v) is 4.34. The van der Waals surface area contributed by atoms with Crippen molar-refractivity contribution in [2.24, 2.45) is 12.0 Å². The average molecular weight is 311 g/mol. The third-order valence-electron chi connectivity index (χ3n) is 3.34. The van der Waals surface area contributed by atoms with Gasteiger partial charge in [-0.05, 0) is 48.5 Å². The highest BCUT2D eigenvalue weighted by molar-refractivity contribution is 8.18. The Morgan fingerprint density at radius 3 is 2.64 bits per heavy atom. The number of rotatable bonds is 3. The van der Waals surface area contributed by atoms with Crippen molar-refractivity contribution in [1.82, 2.24) is 9.47 Å². The van der Waals surface area contributed by atoms with E-state index in [2.05, 4.69) is 4.99 Å². The largest absolute Gasteiger partial charge is 0.357 e. The molecule has 0 radical (unpaired) electrons. The first-order chi connectivity index (χ1) is 10.7. The summed E-state index contributed by atoms with van der Waals surface area (Å²) < 4.78 is 1.97. The molecule has 0 N–H and O–H groups in total. The molecule has 0 atom stereocenters. The van der Waals surface area contributed by atoms with E-state index in [0.29, 0.717) is 11.4 Å². The van der Waals surface area contributed by atoms with Gasteiger partial charge in [-0.15, -0.1) is 0 Å². The molecular weight excluding hydrogens is 294 g/mol. The fourth-order valence-electron chi connectivity index (χ4n) is 2.24. The van der Waals surface area contributed by atoms with Gasteiger partial charge >= 0.3 is 0 Å². The number of hydrogen-bond acceptors (Lipinski definition) is 3. The summed E-state index contributed by atoms with van der Waals surface area (Å²) in [6, 6.07) is 11.7. The SMILES string of the molecule is CCN1C(=O)/C(=C\c2ccn(C)c2)SC1=Nc1ccccc1. The molecule has 112 valence electrons. The first-order valence-corrected chi connectivity index (χ1v) is 7.96. The first kappa shape index (κ1) is 14.7. The quantitative estimate of drug-likeness (QED) is 0.812. The van der Waals surface area contributed by atoms with Crippen LogP contribution in [0.2, 0.25) is 0 Å². The number of aliphatic imine (C=N–C) groups is 1. The average Bonchev–Trinajstić information content (AvgIpc) is 3.05. The number of amidine groups is 1. The van der Waals surface area contributed by atoms with Crippen molar-refractivity contribution in [3.63, 3.8) is 0 Å². The van der Waals surface area contributed by atoms with Gasteiger partial charge in [0.05, 0.1) is 10.6 Å². The van der Waals surface area contributed by atoms with Gasteiger partial charge in [0.1, 0.15) is 0 Å². The van der Waals surface area contributed by atoms with E-state index in [1.807, 2.05) is 73.4 Å². The Kier molecular flexibility index (Phi) is 4.15. The van der Waals surface area contributed by atoms with Crippen molar-refractivity contribution in [2.45, 2.75) is 6.92 Å². The lowest BCUT2D eigenvalue weighted by Crippen LogP contribution is -2.28. The van der Waals surface area contributed by atoms with Crippen LogP contribution in [-0.2, 0) is 11.8 Å². The van der Waals surface area contributed by atoms with E-state index in [9.17, 15) is 4.79 Å². The van der Waals surface area contributed by atoms with Crippen LogP contribution in [0.25, 0.3) is 6.08 Å². The van der Waals surface area contributed by atoms with Crippen LogP contribution in [0.15, 0.2) is 58.7 Å². The molecule has 22 heavy (non-hydrogen) atoms. The van der Waals surface area contributed by atoms with Gasteiger partial charge in [-0.1, -0.05) is 18.2 Å². The Morgan fingerprint density at radius 1 is 1.23 bits per heavy atom. The zero-order valence-corrected chi connectivity index (χ0v) is 13.4. The molecule has 0 unspecified atom stereocenters. The second-order valence-corrected chi connectivity index (χ2v) is 6.01. The van der Waals surface area contributed by atoms with Crippen LogP contribution in [0.1, 0.15) is 12.5 Å². The highest BCUT2D eigenvalue weighted by atomic mass is 32.2. The third kappa shape index (κ3) is 2.99. The number of carbonyl (C=O) groups excluding carboxylic acids is 1. The maximum absolute atomic E-state index is 12.5. The lowest BCUT2D eigenvalue weighted by Gasteiger charge is -2.11. The van der Waals surface area contributed by atoms with Crippen LogP contribution in [0.5, 0.6) is 0 Å². The molecule has 4 nitrogen and oxygen atoms in total. The predicted molar refractivity (Wildman–Crippen MR) is 91.9 cm³/mol. The van der Waals surface area contributed by atoms with Crippen LogP contribution < -0.4 is 0 Å². The summed E-state index contributed by atoms with van der Waals surface area (Å²) in [6.45, 7) is 2.58. The number of nitrogens with zero attached hydrogens (tertiary/aromatic N) is 3. The van der Waals surface area contributed by atoms with Gasteiger partial charge in [0.25, 0.3) is 5.91 Å². The van der Waals surface area contributed by atoms with Gasteiger partial charge in [-0.3, -0.25) is 9.69 Å². The molecule has 1 aromatic heterocycles. The van der Waals surface area contributed by atoms with Crippen molar-refractivity contribution < 1.29 is 4.79 Å². The van der Waals surface area contributed by atoms with Gasteiger partial charge in [0.2, 0.25) is 0 Å². The Balaban J connectivity index is 1.92. The molecule has 2 heterocycles. The first-order valence-electron chi connectivity index (χ1n) is 7.14. The summed E-state index contributed by atoms with van der Waals surface area (Å²) in [6.07, 6.45) is 5.87. The van der Waals surface area contributed by atoms with Crippen LogP contribution >= 0.6 is 11.8 Å². The zero-order chi connectivity index (χ0) is 15.5. The molecule has 1 saturated heterocycles. The number of benzene rings is 1. The highest BCUT2D eigenvalue weighted by Crippen LogP contribution is 2.33. The van der Waals surface area contributed by atoms with Crippen molar-refractivity contribution in [3.8, 4) is 0 Å². The molecule has 1 aromatic carbocycles. The molecule has 0 saturated carbocycles. The fraction of sp³-hybridized carbons (Fsp3) is 0.176. The number of amides is 1. The second-order valence-electron chi connectivity index (χ2n) is 5.00. The summed E-state index contributed by atoms with van der Waals surface area (Å²) >= 11 is 1.43. The van der Waals surface area contributed by atoms with Crippen molar-refractivity contribution >= 4 is 34.6 Å². The van der Waals surface area contributed by atoms with Crippen molar-refractivity contribution in [2.75, 3.05) is 6.54 Å². The molecule has 5 heteroatoms. The minimum atomic E-state index is 0.0195. The summed E-state index contributed by atoms with van der Waals surface area (Å²) in [5.41, 5.74) is 1.88. The van der Waals surface area contributed by atoms with E-state index in [0.717, 1.165) is 16.4 Å². The van der Waals surface area contributed by atoms with E-state index >= 15 is 0 Å². The molecule has 1 aliphatic heterocycles. The van der Waals surface area contributed by atoms with E-state index in [1.54, 1.807) is 4.90 Å². The van der Waals surface area contributed by atoms with Crippen molar-refractivity contribution in [1.29, 1.82) is 0 Å². The highest BCUT2D eigenvalue weighted by Gasteiger charge is 2.32. The summed E-state index contributed by atoms with van der Waals surface area (Å²) in [7, 11) is 1.96. The lowest BCUT2D eigenvalue weighted by molar-refractivity contribution is -0.122. The van der Waals surface area contributed by atoms with Gasteiger partial charge < -0.3 is 4.57 Å². The number of aryl methyl sites for hydroxylation is 1. The number of hydrogen-bond donors (Lipinski definition) is 0. The van der Waals surface area contributed by atoms with Gasteiger partial charge in [-0.25, -0.2) is 4.99 Å². The Morgan fingerprint density at radius 2 is 2.00 bits per heavy atom. The predicted octanol–water partition coefficient (Wildman–Crippen LogP) is 3.65. The van der Waals surface area contributed by atoms with E-state index < -0.39 is 0 Å². The maximum Gasteiger partial charge on any atom is 0.266 e. The minimum Gasteiger partial charge on any atom is -0.357 e.